The van der Waals surface area contributed by atoms with Crippen molar-refractivity contribution in [3.05, 3.63) is 18.2 Å². The van der Waals surface area contributed by atoms with E-state index in [1.165, 1.54) is 25.7 Å². The molecule has 16 heavy (non-hydrogen) atoms. The van der Waals surface area contributed by atoms with Gasteiger partial charge < -0.3 is 15.8 Å². The van der Waals surface area contributed by atoms with E-state index in [0.717, 1.165) is 23.7 Å². The number of benzene rings is 1. The fourth-order valence-corrected chi connectivity index (χ4v) is 1.60. The second-order valence-electron chi connectivity index (χ2n) is 3.94. The summed E-state index contributed by atoms with van der Waals surface area (Å²) in [5.41, 5.74) is 7.64. The number of hydrogen-bond acceptors (Lipinski definition) is 3. The molecule has 0 amide bonds. The third-order valence-electron chi connectivity index (χ3n) is 2.60. The van der Waals surface area contributed by atoms with Gasteiger partial charge in [0, 0.05) is 12.6 Å². The van der Waals surface area contributed by atoms with Gasteiger partial charge in [0.2, 0.25) is 0 Å². The van der Waals surface area contributed by atoms with Crippen molar-refractivity contribution in [2.75, 3.05) is 24.7 Å². The van der Waals surface area contributed by atoms with Crippen molar-refractivity contribution >= 4 is 11.4 Å². The largest absolute Gasteiger partial charge is 0.497 e. The van der Waals surface area contributed by atoms with Crippen LogP contribution in [0.3, 0.4) is 0 Å². The Bertz CT molecular complexity index is 313. The molecule has 1 aromatic carbocycles. The lowest BCUT2D eigenvalue weighted by Gasteiger charge is -2.10. The van der Waals surface area contributed by atoms with Crippen molar-refractivity contribution in [1.29, 1.82) is 0 Å². The van der Waals surface area contributed by atoms with E-state index in [1.54, 1.807) is 7.11 Å². The zero-order valence-electron chi connectivity index (χ0n) is 10.3. The van der Waals surface area contributed by atoms with Crippen molar-refractivity contribution in [3.8, 4) is 5.75 Å². The van der Waals surface area contributed by atoms with Crippen LogP contribution in [0.2, 0.25) is 0 Å². The molecule has 0 radical (unpaired) electrons. The Hall–Kier alpha value is -1.38. The first-order valence-electron chi connectivity index (χ1n) is 5.95. The Morgan fingerprint density at radius 1 is 1.25 bits per heavy atom. The van der Waals surface area contributed by atoms with Crippen LogP contribution in [-0.2, 0) is 0 Å². The van der Waals surface area contributed by atoms with Crippen LogP contribution in [0.4, 0.5) is 11.4 Å². The zero-order chi connectivity index (χ0) is 11.8. The van der Waals surface area contributed by atoms with E-state index in [9.17, 15) is 0 Å². The molecule has 0 bridgehead atoms. The number of hydrogen-bond donors (Lipinski definition) is 2. The number of anilines is 2. The lowest BCUT2D eigenvalue weighted by molar-refractivity contribution is 0.415. The van der Waals surface area contributed by atoms with Gasteiger partial charge in [-0.2, -0.15) is 0 Å². The molecule has 0 heterocycles. The molecule has 0 unspecified atom stereocenters. The highest BCUT2D eigenvalue weighted by molar-refractivity contribution is 5.68. The first kappa shape index (κ1) is 12.7. The number of nitrogens with one attached hydrogen (secondary N) is 1. The van der Waals surface area contributed by atoms with E-state index in [-0.39, 0.29) is 0 Å². The summed E-state index contributed by atoms with van der Waals surface area (Å²) < 4.78 is 5.10. The standard InChI is InChI=1S/C13H22N2O/c1-3-4-5-6-9-15-13-8-7-11(16-2)10-12(13)14/h7-8,10,15H,3-6,9,14H2,1-2H3. The van der Waals surface area contributed by atoms with Gasteiger partial charge in [-0.1, -0.05) is 26.2 Å². The Kier molecular flexibility index (Phi) is 5.54. The summed E-state index contributed by atoms with van der Waals surface area (Å²) in [5.74, 6) is 0.800. The first-order valence-corrected chi connectivity index (χ1v) is 5.95. The monoisotopic (exact) mass is 222 g/mol. The topological polar surface area (TPSA) is 47.3 Å². The van der Waals surface area contributed by atoms with Gasteiger partial charge in [-0.3, -0.25) is 0 Å². The van der Waals surface area contributed by atoms with Crippen LogP contribution in [0, 0.1) is 0 Å². The maximum absolute atomic E-state index is 5.90. The molecule has 3 nitrogen and oxygen atoms in total. The van der Waals surface area contributed by atoms with E-state index < -0.39 is 0 Å². The summed E-state index contributed by atoms with van der Waals surface area (Å²) in [6, 6.07) is 5.73. The minimum Gasteiger partial charge on any atom is -0.497 e. The van der Waals surface area contributed by atoms with Gasteiger partial charge >= 0.3 is 0 Å². The molecule has 0 saturated heterocycles. The molecule has 3 N–H and O–H groups in total. The van der Waals surface area contributed by atoms with Gasteiger partial charge in [-0.05, 0) is 18.6 Å². The summed E-state index contributed by atoms with van der Waals surface area (Å²) in [7, 11) is 1.65. The third kappa shape index (κ3) is 4.01. The summed E-state index contributed by atoms with van der Waals surface area (Å²) >= 11 is 0. The number of ether oxygens (including phenoxy) is 1. The number of methoxy groups -OCH3 is 1. The molecule has 90 valence electrons. The number of nitrogens with two attached hydrogens (primary N) is 1. The van der Waals surface area contributed by atoms with Crippen LogP contribution in [0.15, 0.2) is 18.2 Å². The second kappa shape index (κ2) is 6.99. The van der Waals surface area contributed by atoms with Crippen LogP contribution in [0.25, 0.3) is 0 Å². The Morgan fingerprint density at radius 3 is 2.69 bits per heavy atom. The fraction of sp³-hybridized carbons (Fsp3) is 0.538. The highest BCUT2D eigenvalue weighted by atomic mass is 16.5. The van der Waals surface area contributed by atoms with Crippen molar-refractivity contribution < 1.29 is 4.74 Å². The molecule has 0 atom stereocenters. The molecule has 1 rings (SSSR count). The molecule has 0 aliphatic rings. The number of unbranched alkanes of at least 4 members (excludes halogenated alkanes) is 3. The van der Waals surface area contributed by atoms with Gasteiger partial charge in [0.05, 0.1) is 18.5 Å². The maximum atomic E-state index is 5.90. The van der Waals surface area contributed by atoms with Crippen LogP contribution in [-0.4, -0.2) is 13.7 Å². The van der Waals surface area contributed by atoms with E-state index >= 15 is 0 Å². The number of nitrogen functional groups attached to an aromatic ring is 1. The van der Waals surface area contributed by atoms with E-state index in [2.05, 4.69) is 12.2 Å². The smallest absolute Gasteiger partial charge is 0.121 e. The summed E-state index contributed by atoms with van der Waals surface area (Å²) in [4.78, 5) is 0. The van der Waals surface area contributed by atoms with Gasteiger partial charge in [-0.25, -0.2) is 0 Å². The molecule has 0 aromatic heterocycles. The zero-order valence-corrected chi connectivity index (χ0v) is 10.3. The predicted octanol–water partition coefficient (Wildman–Crippen LogP) is 3.27. The van der Waals surface area contributed by atoms with E-state index in [4.69, 9.17) is 10.5 Å². The predicted molar refractivity (Wildman–Crippen MR) is 70.0 cm³/mol. The molecule has 0 saturated carbocycles. The minimum atomic E-state index is 0.745. The summed E-state index contributed by atoms with van der Waals surface area (Å²) in [6.07, 6.45) is 5.04. The van der Waals surface area contributed by atoms with Crippen molar-refractivity contribution in [2.45, 2.75) is 32.6 Å². The van der Waals surface area contributed by atoms with Crippen LogP contribution < -0.4 is 15.8 Å². The van der Waals surface area contributed by atoms with Crippen LogP contribution >= 0.6 is 0 Å². The Balaban J connectivity index is 2.36. The third-order valence-corrected chi connectivity index (χ3v) is 2.60. The van der Waals surface area contributed by atoms with Gasteiger partial charge in [0.25, 0.3) is 0 Å². The average Bonchev–Trinajstić information content (AvgIpc) is 2.30. The lowest BCUT2D eigenvalue weighted by atomic mass is 10.2. The van der Waals surface area contributed by atoms with Gasteiger partial charge in [-0.15, -0.1) is 0 Å². The molecule has 1 aromatic rings. The Labute approximate surface area is 98.0 Å². The molecular formula is C13H22N2O. The number of rotatable bonds is 7. The quantitative estimate of drug-likeness (QED) is 0.550. The molecule has 0 spiro atoms. The van der Waals surface area contributed by atoms with Crippen molar-refractivity contribution in [2.24, 2.45) is 0 Å². The van der Waals surface area contributed by atoms with Crippen molar-refractivity contribution in [1.82, 2.24) is 0 Å². The second-order valence-corrected chi connectivity index (χ2v) is 3.94. The first-order chi connectivity index (χ1) is 7.77. The lowest BCUT2D eigenvalue weighted by Crippen LogP contribution is -2.04. The molecule has 0 fully saturated rings. The summed E-state index contributed by atoms with van der Waals surface area (Å²) in [6.45, 7) is 3.20. The van der Waals surface area contributed by atoms with E-state index in [1.807, 2.05) is 18.2 Å². The molecule has 0 aliphatic carbocycles. The highest BCUT2D eigenvalue weighted by Gasteiger charge is 1.99. The summed E-state index contributed by atoms with van der Waals surface area (Å²) in [5, 5.41) is 3.34. The van der Waals surface area contributed by atoms with Gasteiger partial charge in [0.1, 0.15) is 5.75 Å². The molecular weight excluding hydrogens is 200 g/mol. The fourth-order valence-electron chi connectivity index (χ4n) is 1.60. The molecule has 3 heteroatoms. The van der Waals surface area contributed by atoms with Gasteiger partial charge in [0.15, 0.2) is 0 Å². The highest BCUT2D eigenvalue weighted by Crippen LogP contribution is 2.23. The molecule has 0 aliphatic heterocycles. The van der Waals surface area contributed by atoms with E-state index in [0.29, 0.717) is 0 Å². The normalized spacial score (nSPS) is 10.1. The minimum absolute atomic E-state index is 0.745. The van der Waals surface area contributed by atoms with Crippen molar-refractivity contribution in [3.63, 3.8) is 0 Å². The Morgan fingerprint density at radius 2 is 2.06 bits per heavy atom. The SMILES string of the molecule is CCCCCCNc1ccc(OC)cc1N. The van der Waals surface area contributed by atoms with Crippen LogP contribution in [0.5, 0.6) is 5.75 Å². The average molecular weight is 222 g/mol. The van der Waals surface area contributed by atoms with Crippen LogP contribution in [0.1, 0.15) is 32.6 Å². The maximum Gasteiger partial charge on any atom is 0.121 e.